The van der Waals surface area contributed by atoms with Gasteiger partial charge in [0.15, 0.2) is 11.5 Å². The molecule has 0 aliphatic carbocycles. The van der Waals surface area contributed by atoms with Crippen molar-refractivity contribution in [3.63, 3.8) is 0 Å². The number of nitrogens with zero attached hydrogens (tertiary/aromatic N) is 3. The van der Waals surface area contributed by atoms with Crippen molar-refractivity contribution in [1.82, 2.24) is 15.0 Å². The van der Waals surface area contributed by atoms with E-state index < -0.39 is 0 Å². The lowest BCUT2D eigenvalue weighted by Crippen LogP contribution is -2.35. The van der Waals surface area contributed by atoms with Crippen LogP contribution >= 0.6 is 0 Å². The van der Waals surface area contributed by atoms with Gasteiger partial charge in [-0.05, 0) is 63.4 Å². The van der Waals surface area contributed by atoms with Crippen LogP contribution in [0.5, 0.6) is 11.5 Å². The number of carbonyl (C=O) groups is 1. The second-order valence-electron chi connectivity index (χ2n) is 7.38. The van der Waals surface area contributed by atoms with Crippen molar-refractivity contribution in [3.8, 4) is 34.3 Å². The molecule has 162 valence electrons. The molecule has 0 saturated carbocycles. The van der Waals surface area contributed by atoms with Crippen LogP contribution in [0.1, 0.15) is 43.5 Å². The van der Waals surface area contributed by atoms with Crippen molar-refractivity contribution in [2.45, 2.75) is 33.1 Å². The lowest BCUT2D eigenvalue weighted by atomic mass is 10.1. The monoisotopic (exact) mass is 421 g/mol. The molecule has 7 heteroatoms. The molecule has 0 N–H and O–H groups in total. The van der Waals surface area contributed by atoms with Gasteiger partial charge in [0.2, 0.25) is 5.82 Å². The van der Waals surface area contributed by atoms with Gasteiger partial charge in [-0.1, -0.05) is 17.3 Å². The molecule has 0 bridgehead atoms. The van der Waals surface area contributed by atoms with E-state index in [1.807, 2.05) is 61.2 Å². The molecule has 0 spiro atoms. The molecular weight excluding hydrogens is 394 g/mol. The average Bonchev–Trinajstić information content (AvgIpc) is 3.31. The van der Waals surface area contributed by atoms with Crippen LogP contribution in [0.2, 0.25) is 0 Å². The molecule has 1 amide bonds. The number of rotatable bonds is 7. The standard InChI is InChI=1S/C24H27N3O4/c1-3-29-20-12-11-18(16-21(20)30-4-2)23-25-22(26-31-23)17-9-8-10-19(15-17)24(28)27-13-6-5-7-14-27/h8-12,15-16H,3-7,13-14H2,1-2H3. The minimum absolute atomic E-state index is 0.0538. The zero-order valence-electron chi connectivity index (χ0n) is 18.0. The number of carbonyl (C=O) groups excluding carboxylic acids is 1. The largest absolute Gasteiger partial charge is 0.490 e. The highest BCUT2D eigenvalue weighted by Gasteiger charge is 2.20. The molecule has 0 atom stereocenters. The minimum Gasteiger partial charge on any atom is -0.490 e. The van der Waals surface area contributed by atoms with Gasteiger partial charge in [0, 0.05) is 29.8 Å². The Bertz CT molecular complexity index is 1040. The Hall–Kier alpha value is -3.35. The van der Waals surface area contributed by atoms with Gasteiger partial charge in [-0.25, -0.2) is 0 Å². The van der Waals surface area contributed by atoms with Crippen molar-refractivity contribution >= 4 is 5.91 Å². The lowest BCUT2D eigenvalue weighted by molar-refractivity contribution is 0.0724. The van der Waals surface area contributed by atoms with E-state index in [2.05, 4.69) is 10.1 Å². The van der Waals surface area contributed by atoms with E-state index >= 15 is 0 Å². The summed E-state index contributed by atoms with van der Waals surface area (Å²) in [6, 6.07) is 12.9. The smallest absolute Gasteiger partial charge is 0.258 e. The number of benzene rings is 2. The number of hydrogen-bond donors (Lipinski definition) is 0. The first-order valence-corrected chi connectivity index (χ1v) is 10.8. The Balaban J connectivity index is 1.58. The predicted octanol–water partition coefficient (Wildman–Crippen LogP) is 4.83. The molecule has 1 fully saturated rings. The molecule has 31 heavy (non-hydrogen) atoms. The first kappa shape index (κ1) is 20.9. The summed E-state index contributed by atoms with van der Waals surface area (Å²) in [5, 5.41) is 4.13. The Morgan fingerprint density at radius 3 is 2.52 bits per heavy atom. The highest BCUT2D eigenvalue weighted by Crippen LogP contribution is 2.33. The van der Waals surface area contributed by atoms with Crippen molar-refractivity contribution in [2.75, 3.05) is 26.3 Å². The zero-order valence-corrected chi connectivity index (χ0v) is 18.0. The van der Waals surface area contributed by atoms with Gasteiger partial charge >= 0.3 is 0 Å². The minimum atomic E-state index is 0.0538. The summed E-state index contributed by atoms with van der Waals surface area (Å²) in [5.41, 5.74) is 2.13. The van der Waals surface area contributed by atoms with Crippen molar-refractivity contribution in [2.24, 2.45) is 0 Å². The SMILES string of the molecule is CCOc1ccc(-c2nc(-c3cccc(C(=O)N4CCCCC4)c3)no2)cc1OCC. The molecule has 1 saturated heterocycles. The molecule has 3 aromatic rings. The number of aromatic nitrogens is 2. The fourth-order valence-corrected chi connectivity index (χ4v) is 3.71. The second kappa shape index (κ2) is 9.64. The molecule has 1 aromatic heterocycles. The van der Waals surface area contributed by atoms with Crippen LogP contribution in [0, 0.1) is 0 Å². The summed E-state index contributed by atoms with van der Waals surface area (Å²) in [7, 11) is 0. The number of piperidine rings is 1. The van der Waals surface area contributed by atoms with Crippen LogP contribution in [0.3, 0.4) is 0 Å². The van der Waals surface area contributed by atoms with Crippen LogP contribution in [0.15, 0.2) is 47.0 Å². The van der Waals surface area contributed by atoms with Gasteiger partial charge in [-0.2, -0.15) is 4.98 Å². The summed E-state index contributed by atoms with van der Waals surface area (Å²) >= 11 is 0. The summed E-state index contributed by atoms with van der Waals surface area (Å²) in [6.45, 7) is 6.56. The highest BCUT2D eigenvalue weighted by atomic mass is 16.5. The van der Waals surface area contributed by atoms with Crippen molar-refractivity contribution < 1.29 is 18.8 Å². The average molecular weight is 421 g/mol. The van der Waals surface area contributed by atoms with Crippen LogP contribution in [-0.4, -0.2) is 47.3 Å². The van der Waals surface area contributed by atoms with Gasteiger partial charge in [0.1, 0.15) is 0 Å². The van der Waals surface area contributed by atoms with E-state index in [1.54, 1.807) is 0 Å². The van der Waals surface area contributed by atoms with Gasteiger partial charge < -0.3 is 18.9 Å². The van der Waals surface area contributed by atoms with Gasteiger partial charge in [0.05, 0.1) is 13.2 Å². The maximum atomic E-state index is 12.8. The topological polar surface area (TPSA) is 77.7 Å². The Morgan fingerprint density at radius 2 is 1.74 bits per heavy atom. The molecule has 0 unspecified atom stereocenters. The van der Waals surface area contributed by atoms with E-state index in [0.29, 0.717) is 42.0 Å². The van der Waals surface area contributed by atoms with E-state index in [0.717, 1.165) is 37.1 Å². The van der Waals surface area contributed by atoms with Crippen LogP contribution in [0.4, 0.5) is 0 Å². The molecule has 2 aromatic carbocycles. The molecule has 0 radical (unpaired) electrons. The van der Waals surface area contributed by atoms with Gasteiger partial charge in [0.25, 0.3) is 11.8 Å². The van der Waals surface area contributed by atoms with E-state index in [1.165, 1.54) is 6.42 Å². The van der Waals surface area contributed by atoms with Crippen LogP contribution < -0.4 is 9.47 Å². The summed E-state index contributed by atoms with van der Waals surface area (Å²) < 4.78 is 16.8. The van der Waals surface area contributed by atoms with Gasteiger partial charge in [-0.15, -0.1) is 0 Å². The number of amides is 1. The van der Waals surface area contributed by atoms with Gasteiger partial charge in [-0.3, -0.25) is 4.79 Å². The number of hydrogen-bond acceptors (Lipinski definition) is 6. The number of likely N-dealkylation sites (tertiary alicyclic amines) is 1. The summed E-state index contributed by atoms with van der Waals surface area (Å²) in [5.74, 6) is 2.19. The van der Waals surface area contributed by atoms with Crippen molar-refractivity contribution in [3.05, 3.63) is 48.0 Å². The Kier molecular flexibility index (Phi) is 6.50. The van der Waals surface area contributed by atoms with Crippen LogP contribution in [-0.2, 0) is 0 Å². The molecule has 1 aliphatic heterocycles. The molecule has 2 heterocycles. The quantitative estimate of drug-likeness (QED) is 0.544. The van der Waals surface area contributed by atoms with E-state index in [9.17, 15) is 4.79 Å². The van der Waals surface area contributed by atoms with Crippen molar-refractivity contribution in [1.29, 1.82) is 0 Å². The predicted molar refractivity (Wildman–Crippen MR) is 117 cm³/mol. The van der Waals surface area contributed by atoms with E-state index in [-0.39, 0.29) is 5.91 Å². The third-order valence-corrected chi connectivity index (χ3v) is 5.23. The normalized spacial score (nSPS) is 13.8. The lowest BCUT2D eigenvalue weighted by Gasteiger charge is -2.26. The molecular formula is C24H27N3O4. The fraction of sp³-hybridized carbons (Fsp3) is 0.375. The second-order valence-corrected chi connectivity index (χ2v) is 7.38. The first-order valence-electron chi connectivity index (χ1n) is 10.8. The van der Waals surface area contributed by atoms with Crippen LogP contribution in [0.25, 0.3) is 22.8 Å². The maximum absolute atomic E-state index is 12.8. The summed E-state index contributed by atoms with van der Waals surface area (Å²) in [4.78, 5) is 19.3. The third kappa shape index (κ3) is 4.71. The highest BCUT2D eigenvalue weighted by molar-refractivity contribution is 5.95. The molecule has 1 aliphatic rings. The Morgan fingerprint density at radius 1 is 0.968 bits per heavy atom. The summed E-state index contributed by atoms with van der Waals surface area (Å²) in [6.07, 6.45) is 3.31. The zero-order chi connectivity index (χ0) is 21.6. The Labute approximate surface area is 182 Å². The first-order chi connectivity index (χ1) is 15.2. The third-order valence-electron chi connectivity index (χ3n) is 5.23. The number of ether oxygens (including phenoxy) is 2. The molecule has 7 nitrogen and oxygen atoms in total. The van der Waals surface area contributed by atoms with E-state index in [4.69, 9.17) is 14.0 Å². The fourth-order valence-electron chi connectivity index (χ4n) is 3.71. The maximum Gasteiger partial charge on any atom is 0.258 e. The molecule has 4 rings (SSSR count).